The second-order valence-corrected chi connectivity index (χ2v) is 5.55. The predicted molar refractivity (Wildman–Crippen MR) is 73.0 cm³/mol. The van der Waals surface area contributed by atoms with E-state index in [1.807, 2.05) is 0 Å². The number of hydrogen-bond acceptors (Lipinski definition) is 3. The van der Waals surface area contributed by atoms with Crippen molar-refractivity contribution in [3.63, 3.8) is 0 Å². The monoisotopic (exact) mass is 242 g/mol. The zero-order valence-corrected chi connectivity index (χ0v) is 11.4. The molecule has 0 amide bonds. The normalized spacial score (nSPS) is 29.5. The van der Waals surface area contributed by atoms with Crippen LogP contribution in [-0.2, 0) is 0 Å². The zero-order chi connectivity index (χ0) is 12.6. The Hall–Kier alpha value is -0.120. The van der Waals surface area contributed by atoms with Crippen LogP contribution in [0.2, 0.25) is 0 Å². The maximum atomic E-state index is 8.73. The van der Waals surface area contributed by atoms with Gasteiger partial charge in [-0.15, -0.1) is 0 Å². The third kappa shape index (κ3) is 4.94. The highest BCUT2D eigenvalue weighted by Crippen LogP contribution is 2.33. The average Bonchev–Trinajstić information content (AvgIpc) is 2.39. The van der Waals surface area contributed by atoms with Gasteiger partial charge in [0.25, 0.3) is 0 Å². The number of hydrogen-bond donors (Lipinski definition) is 3. The molecule has 102 valence electrons. The maximum Gasteiger partial charge on any atom is 0.0431 e. The van der Waals surface area contributed by atoms with Gasteiger partial charge in [0.15, 0.2) is 0 Å². The van der Waals surface area contributed by atoms with E-state index in [1.165, 1.54) is 32.1 Å². The molecular formula is C14H30N2O. The molecule has 0 spiro atoms. The Morgan fingerprint density at radius 3 is 2.47 bits per heavy atom. The average molecular weight is 242 g/mol. The van der Waals surface area contributed by atoms with E-state index in [-0.39, 0.29) is 5.54 Å². The van der Waals surface area contributed by atoms with Gasteiger partial charge in [-0.2, -0.15) is 0 Å². The number of nitrogens with one attached hydrogen (secondary N) is 1. The van der Waals surface area contributed by atoms with E-state index < -0.39 is 0 Å². The molecule has 0 aromatic rings. The smallest absolute Gasteiger partial charge is 0.0431 e. The fourth-order valence-electron chi connectivity index (χ4n) is 2.86. The maximum absolute atomic E-state index is 8.73. The molecule has 0 bridgehead atoms. The number of nitrogens with two attached hydrogens (primary N) is 1. The minimum atomic E-state index is 0.213. The minimum absolute atomic E-state index is 0.213. The van der Waals surface area contributed by atoms with Gasteiger partial charge in [0, 0.05) is 18.7 Å². The van der Waals surface area contributed by atoms with Crippen LogP contribution < -0.4 is 11.1 Å². The Labute approximate surface area is 106 Å². The van der Waals surface area contributed by atoms with Crippen molar-refractivity contribution in [1.29, 1.82) is 0 Å². The van der Waals surface area contributed by atoms with Gasteiger partial charge in [-0.25, -0.2) is 0 Å². The van der Waals surface area contributed by atoms with E-state index in [0.29, 0.717) is 6.61 Å². The Bertz CT molecular complexity index is 189. The molecular weight excluding hydrogens is 212 g/mol. The second-order valence-electron chi connectivity index (χ2n) is 5.55. The molecule has 0 radical (unpaired) electrons. The molecule has 0 aliphatic heterocycles. The van der Waals surface area contributed by atoms with Crippen molar-refractivity contribution in [2.24, 2.45) is 11.7 Å². The topological polar surface area (TPSA) is 58.3 Å². The number of aliphatic hydroxyl groups is 1. The highest BCUT2D eigenvalue weighted by atomic mass is 16.2. The lowest BCUT2D eigenvalue weighted by Crippen LogP contribution is -2.53. The largest absolute Gasteiger partial charge is 0.396 e. The van der Waals surface area contributed by atoms with Crippen LogP contribution in [0, 0.1) is 5.92 Å². The Balaban J connectivity index is 2.22. The van der Waals surface area contributed by atoms with Gasteiger partial charge in [0.05, 0.1) is 0 Å². The molecule has 17 heavy (non-hydrogen) atoms. The summed E-state index contributed by atoms with van der Waals surface area (Å²) in [6.45, 7) is 4.43. The summed E-state index contributed by atoms with van der Waals surface area (Å²) in [6, 6.07) is 0. The van der Waals surface area contributed by atoms with E-state index in [1.54, 1.807) is 0 Å². The van der Waals surface area contributed by atoms with Crippen LogP contribution in [0.5, 0.6) is 0 Å². The lowest BCUT2D eigenvalue weighted by atomic mass is 9.75. The third-order valence-electron chi connectivity index (χ3n) is 4.37. The quantitative estimate of drug-likeness (QED) is 0.571. The fraction of sp³-hybridized carbons (Fsp3) is 1.00. The summed E-state index contributed by atoms with van der Waals surface area (Å²) in [5.74, 6) is 0.922. The highest BCUT2D eigenvalue weighted by molar-refractivity contribution is 4.93. The molecule has 0 aromatic carbocycles. The van der Waals surface area contributed by atoms with E-state index in [4.69, 9.17) is 10.8 Å². The third-order valence-corrected chi connectivity index (χ3v) is 4.37. The Kier molecular flexibility index (Phi) is 7.09. The first kappa shape index (κ1) is 14.9. The summed E-state index contributed by atoms with van der Waals surface area (Å²) < 4.78 is 0. The SMILES string of the molecule is CCC1CCC(CN)(NCCCCCO)CC1. The molecule has 3 nitrogen and oxygen atoms in total. The van der Waals surface area contributed by atoms with Crippen LogP contribution in [0.15, 0.2) is 0 Å². The van der Waals surface area contributed by atoms with Gasteiger partial charge in [-0.1, -0.05) is 13.3 Å². The van der Waals surface area contributed by atoms with Crippen molar-refractivity contribution in [2.75, 3.05) is 19.7 Å². The molecule has 1 fully saturated rings. The predicted octanol–water partition coefficient (Wildman–Crippen LogP) is 2.04. The van der Waals surface area contributed by atoms with Gasteiger partial charge in [-0.3, -0.25) is 0 Å². The van der Waals surface area contributed by atoms with E-state index in [9.17, 15) is 0 Å². The van der Waals surface area contributed by atoms with E-state index in [0.717, 1.165) is 38.3 Å². The summed E-state index contributed by atoms with van der Waals surface area (Å²) in [5.41, 5.74) is 6.18. The summed E-state index contributed by atoms with van der Waals surface area (Å²) in [6.07, 6.45) is 9.65. The van der Waals surface area contributed by atoms with Crippen LogP contribution in [-0.4, -0.2) is 30.3 Å². The zero-order valence-electron chi connectivity index (χ0n) is 11.4. The lowest BCUT2D eigenvalue weighted by Gasteiger charge is -2.40. The molecule has 1 rings (SSSR count). The summed E-state index contributed by atoms with van der Waals surface area (Å²) in [5, 5.41) is 12.4. The van der Waals surface area contributed by atoms with Crippen molar-refractivity contribution < 1.29 is 5.11 Å². The standard InChI is InChI=1S/C14H30N2O/c1-2-13-6-8-14(12-15,9-7-13)16-10-4-3-5-11-17/h13,16-17H,2-12,15H2,1H3. The van der Waals surface area contributed by atoms with Gasteiger partial charge >= 0.3 is 0 Å². The fourth-order valence-corrected chi connectivity index (χ4v) is 2.86. The summed E-state index contributed by atoms with van der Waals surface area (Å²) >= 11 is 0. The van der Waals surface area contributed by atoms with Crippen LogP contribution in [0.25, 0.3) is 0 Å². The molecule has 0 unspecified atom stereocenters. The molecule has 3 heteroatoms. The van der Waals surface area contributed by atoms with Crippen LogP contribution in [0.1, 0.15) is 58.3 Å². The van der Waals surface area contributed by atoms with Crippen LogP contribution >= 0.6 is 0 Å². The molecule has 0 atom stereocenters. The van der Waals surface area contributed by atoms with E-state index in [2.05, 4.69) is 12.2 Å². The van der Waals surface area contributed by atoms with Gasteiger partial charge < -0.3 is 16.2 Å². The van der Waals surface area contributed by atoms with Gasteiger partial charge in [0.2, 0.25) is 0 Å². The van der Waals surface area contributed by atoms with Crippen molar-refractivity contribution in [3.05, 3.63) is 0 Å². The summed E-state index contributed by atoms with van der Waals surface area (Å²) in [4.78, 5) is 0. The molecule has 0 saturated heterocycles. The highest BCUT2D eigenvalue weighted by Gasteiger charge is 2.32. The first-order valence-corrected chi connectivity index (χ1v) is 7.32. The first-order valence-electron chi connectivity index (χ1n) is 7.32. The van der Waals surface area contributed by atoms with Gasteiger partial charge in [-0.05, 0) is 57.4 Å². The van der Waals surface area contributed by atoms with Crippen molar-refractivity contribution in [3.8, 4) is 0 Å². The van der Waals surface area contributed by atoms with E-state index >= 15 is 0 Å². The number of aliphatic hydroxyl groups excluding tert-OH is 1. The molecule has 0 heterocycles. The van der Waals surface area contributed by atoms with Crippen molar-refractivity contribution in [2.45, 2.75) is 63.8 Å². The second kappa shape index (κ2) is 8.06. The summed E-state index contributed by atoms with van der Waals surface area (Å²) in [7, 11) is 0. The lowest BCUT2D eigenvalue weighted by molar-refractivity contribution is 0.190. The van der Waals surface area contributed by atoms with Crippen molar-refractivity contribution >= 4 is 0 Å². The minimum Gasteiger partial charge on any atom is -0.396 e. The first-order chi connectivity index (χ1) is 8.26. The Morgan fingerprint density at radius 2 is 1.94 bits per heavy atom. The molecule has 1 saturated carbocycles. The molecule has 4 N–H and O–H groups in total. The van der Waals surface area contributed by atoms with Crippen LogP contribution in [0.4, 0.5) is 0 Å². The Morgan fingerprint density at radius 1 is 1.24 bits per heavy atom. The number of unbranched alkanes of at least 4 members (excludes halogenated alkanes) is 2. The molecule has 1 aliphatic carbocycles. The molecule has 1 aliphatic rings. The van der Waals surface area contributed by atoms with Gasteiger partial charge in [0.1, 0.15) is 0 Å². The molecule has 0 aromatic heterocycles. The number of rotatable bonds is 8. The van der Waals surface area contributed by atoms with Crippen molar-refractivity contribution in [1.82, 2.24) is 5.32 Å². The van der Waals surface area contributed by atoms with Crippen LogP contribution in [0.3, 0.4) is 0 Å².